The Kier molecular flexibility index (Phi) is 7.05. The van der Waals surface area contributed by atoms with Crippen LogP contribution in [0.15, 0.2) is 34.8 Å². The van der Waals surface area contributed by atoms with Gasteiger partial charge in [0.2, 0.25) is 0 Å². The second kappa shape index (κ2) is 9.26. The number of ketones is 1. The van der Waals surface area contributed by atoms with Gasteiger partial charge in [-0.1, -0.05) is 23.4 Å². The summed E-state index contributed by atoms with van der Waals surface area (Å²) in [6.07, 6.45) is 3.33. The summed E-state index contributed by atoms with van der Waals surface area (Å²) < 4.78 is 5.40. The lowest BCUT2D eigenvalue weighted by atomic mass is 9.77. The van der Waals surface area contributed by atoms with E-state index in [4.69, 9.17) is 4.65 Å². The number of carbonyl (C=O) groups is 3. The molecule has 0 saturated heterocycles. The van der Waals surface area contributed by atoms with E-state index in [0.717, 1.165) is 0 Å². The molecule has 2 rings (SSSR count). The van der Waals surface area contributed by atoms with E-state index in [9.17, 15) is 19.4 Å². The first-order chi connectivity index (χ1) is 12.0. The lowest BCUT2D eigenvalue weighted by molar-refractivity contribution is -0.128. The average Bonchev–Trinajstić information content (AvgIpc) is 3.02. The molecule has 2 heterocycles. The van der Waals surface area contributed by atoms with Crippen molar-refractivity contribution in [1.29, 1.82) is 0 Å². The van der Waals surface area contributed by atoms with Crippen LogP contribution < -0.4 is 5.32 Å². The van der Waals surface area contributed by atoms with E-state index in [-0.39, 0.29) is 24.4 Å². The van der Waals surface area contributed by atoms with Crippen LogP contribution in [0.1, 0.15) is 24.6 Å². The van der Waals surface area contributed by atoms with Crippen LogP contribution in [0, 0.1) is 0 Å². The van der Waals surface area contributed by atoms with Gasteiger partial charge in [-0.3, -0.25) is 14.4 Å². The van der Waals surface area contributed by atoms with Gasteiger partial charge in [0.1, 0.15) is 5.78 Å². The molecular weight excluding hydrogens is 347 g/mol. The van der Waals surface area contributed by atoms with E-state index in [1.165, 1.54) is 18.3 Å². The number of oxime groups is 1. The predicted octanol–water partition coefficient (Wildman–Crippen LogP) is 0.454. The van der Waals surface area contributed by atoms with Crippen LogP contribution in [-0.4, -0.2) is 48.1 Å². The van der Waals surface area contributed by atoms with E-state index in [1.807, 2.05) is 0 Å². The van der Waals surface area contributed by atoms with Gasteiger partial charge in [0.15, 0.2) is 5.71 Å². The SMILES string of the molecule is CC(=O)C[C@H]1C=CC[C@H](NC(=O)/C(=N/OC=O)c2cccs2)B(O)O1. The second-order valence-electron chi connectivity index (χ2n) is 5.33. The van der Waals surface area contributed by atoms with Crippen molar-refractivity contribution < 1.29 is 28.9 Å². The van der Waals surface area contributed by atoms with Crippen molar-refractivity contribution in [2.45, 2.75) is 31.8 Å². The summed E-state index contributed by atoms with van der Waals surface area (Å²) in [4.78, 5) is 38.9. The van der Waals surface area contributed by atoms with Gasteiger partial charge in [-0.15, -0.1) is 11.3 Å². The van der Waals surface area contributed by atoms with Crippen LogP contribution in [0.4, 0.5) is 0 Å². The number of nitrogens with one attached hydrogen (secondary N) is 1. The Morgan fingerprint density at radius 1 is 1.60 bits per heavy atom. The lowest BCUT2D eigenvalue weighted by Gasteiger charge is -2.20. The fourth-order valence-electron chi connectivity index (χ4n) is 2.26. The Morgan fingerprint density at radius 3 is 3.04 bits per heavy atom. The molecule has 1 aromatic heterocycles. The number of nitrogens with zero attached hydrogens (tertiary/aromatic N) is 1. The molecule has 25 heavy (non-hydrogen) atoms. The third-order valence-electron chi connectivity index (χ3n) is 3.36. The zero-order chi connectivity index (χ0) is 18.2. The summed E-state index contributed by atoms with van der Waals surface area (Å²) >= 11 is 1.25. The van der Waals surface area contributed by atoms with Crippen molar-refractivity contribution in [2.75, 3.05) is 0 Å². The molecule has 1 amide bonds. The van der Waals surface area contributed by atoms with Crippen LogP contribution in [0.5, 0.6) is 0 Å². The van der Waals surface area contributed by atoms with Crippen molar-refractivity contribution in [3.8, 4) is 0 Å². The van der Waals surface area contributed by atoms with Gasteiger partial charge in [-0.25, -0.2) is 0 Å². The molecule has 0 bridgehead atoms. The summed E-state index contributed by atoms with van der Waals surface area (Å²) in [6, 6.07) is 3.38. The number of hydrogen-bond acceptors (Lipinski definition) is 8. The molecule has 10 heteroatoms. The summed E-state index contributed by atoms with van der Waals surface area (Å²) in [5.74, 6) is -1.42. The first-order valence-electron chi connectivity index (χ1n) is 7.53. The summed E-state index contributed by atoms with van der Waals surface area (Å²) in [5, 5.41) is 18.0. The van der Waals surface area contributed by atoms with Gasteiger partial charge in [-0.2, -0.15) is 0 Å². The molecule has 2 atom stereocenters. The van der Waals surface area contributed by atoms with E-state index in [1.54, 1.807) is 29.7 Å². The van der Waals surface area contributed by atoms with E-state index in [0.29, 0.717) is 11.3 Å². The van der Waals surface area contributed by atoms with Gasteiger partial charge in [0.25, 0.3) is 5.91 Å². The zero-order valence-corrected chi connectivity index (χ0v) is 14.3. The highest BCUT2D eigenvalue weighted by atomic mass is 32.1. The maximum atomic E-state index is 12.5. The number of hydrogen-bond donors (Lipinski definition) is 2. The van der Waals surface area contributed by atoms with Crippen LogP contribution in [0.3, 0.4) is 0 Å². The normalized spacial score (nSPS) is 20.7. The molecule has 0 radical (unpaired) electrons. The molecule has 2 N–H and O–H groups in total. The number of amides is 1. The highest BCUT2D eigenvalue weighted by Crippen LogP contribution is 2.14. The number of thiophene rings is 1. The Labute approximate surface area is 148 Å². The van der Waals surface area contributed by atoms with Crippen molar-refractivity contribution in [3.05, 3.63) is 34.5 Å². The molecule has 0 aromatic carbocycles. The Balaban J connectivity index is 2.06. The van der Waals surface area contributed by atoms with E-state index in [2.05, 4.69) is 15.3 Å². The maximum Gasteiger partial charge on any atom is 0.478 e. The first kappa shape index (κ1) is 19.0. The Morgan fingerprint density at radius 2 is 2.40 bits per heavy atom. The van der Waals surface area contributed by atoms with Crippen molar-refractivity contribution in [3.63, 3.8) is 0 Å². The number of Topliss-reactive ketones (excluding diaryl/α,β-unsaturated/α-hetero) is 1. The third-order valence-corrected chi connectivity index (χ3v) is 4.24. The smallest absolute Gasteiger partial charge is 0.426 e. The van der Waals surface area contributed by atoms with Crippen LogP contribution >= 0.6 is 11.3 Å². The Bertz CT molecular complexity index is 676. The fraction of sp³-hybridized carbons (Fsp3) is 0.333. The second-order valence-corrected chi connectivity index (χ2v) is 6.28. The molecule has 8 nitrogen and oxygen atoms in total. The van der Waals surface area contributed by atoms with Crippen LogP contribution in [0.2, 0.25) is 0 Å². The largest absolute Gasteiger partial charge is 0.478 e. The standard InChI is InChI=1S/C15H17BN2O6S/c1-10(20)8-11-4-2-6-13(16(22)24-11)17-15(21)14(18-23-9-19)12-5-3-7-25-12/h2-5,7,9,11,13,22H,6,8H2,1H3,(H,17,21)/b18-14+/t11-,13+/m1/s1. The van der Waals surface area contributed by atoms with Crippen molar-refractivity contribution >= 4 is 42.3 Å². The fourth-order valence-corrected chi connectivity index (χ4v) is 2.97. The van der Waals surface area contributed by atoms with E-state index >= 15 is 0 Å². The van der Waals surface area contributed by atoms with Gasteiger partial charge in [-0.05, 0) is 24.8 Å². The first-order valence-corrected chi connectivity index (χ1v) is 8.41. The highest BCUT2D eigenvalue weighted by Gasteiger charge is 2.33. The minimum atomic E-state index is -1.29. The molecule has 0 aliphatic carbocycles. The summed E-state index contributed by atoms with van der Waals surface area (Å²) in [6.45, 7) is 1.55. The predicted molar refractivity (Wildman–Crippen MR) is 91.8 cm³/mol. The van der Waals surface area contributed by atoms with E-state index < -0.39 is 25.1 Å². The van der Waals surface area contributed by atoms with Gasteiger partial charge < -0.3 is 19.8 Å². The minimum Gasteiger partial charge on any atom is -0.426 e. The molecule has 1 aliphatic heterocycles. The molecule has 132 valence electrons. The minimum absolute atomic E-state index is 0.0672. The molecule has 0 fully saturated rings. The maximum absolute atomic E-state index is 12.5. The van der Waals surface area contributed by atoms with Gasteiger partial charge >= 0.3 is 13.6 Å². The molecule has 0 unspecified atom stereocenters. The van der Waals surface area contributed by atoms with Crippen molar-refractivity contribution in [2.24, 2.45) is 5.16 Å². The number of carbonyl (C=O) groups excluding carboxylic acids is 3. The Hall–Kier alpha value is -2.30. The van der Waals surface area contributed by atoms with Crippen LogP contribution in [-0.2, 0) is 23.9 Å². The van der Waals surface area contributed by atoms with Gasteiger partial charge in [0.05, 0.1) is 16.9 Å². The monoisotopic (exact) mass is 364 g/mol. The topological polar surface area (TPSA) is 114 Å². The number of rotatable bonds is 7. The third kappa shape index (κ3) is 5.63. The average molecular weight is 364 g/mol. The quantitative estimate of drug-likeness (QED) is 0.181. The lowest BCUT2D eigenvalue weighted by Crippen LogP contribution is -2.50. The molecule has 1 aliphatic rings. The molecule has 0 spiro atoms. The molecule has 0 saturated carbocycles. The summed E-state index contributed by atoms with van der Waals surface area (Å²) in [7, 11) is -1.29. The van der Waals surface area contributed by atoms with Crippen molar-refractivity contribution in [1.82, 2.24) is 5.32 Å². The zero-order valence-electron chi connectivity index (χ0n) is 13.5. The summed E-state index contributed by atoms with van der Waals surface area (Å²) in [5.41, 5.74) is -0.0807. The molecular formula is C15H17BN2O6S. The highest BCUT2D eigenvalue weighted by molar-refractivity contribution is 7.13. The van der Waals surface area contributed by atoms with Gasteiger partial charge in [0, 0.05) is 6.42 Å². The van der Waals surface area contributed by atoms with Crippen LogP contribution in [0.25, 0.3) is 0 Å². The molecule has 1 aromatic rings.